The second kappa shape index (κ2) is 9.26. The predicted octanol–water partition coefficient (Wildman–Crippen LogP) is 3.55. The van der Waals surface area contributed by atoms with Gasteiger partial charge in [0, 0.05) is 23.7 Å². The van der Waals surface area contributed by atoms with Crippen LogP contribution < -0.4 is 5.32 Å². The maximum absolute atomic E-state index is 13.0. The van der Waals surface area contributed by atoms with E-state index < -0.39 is 10.0 Å². The number of morpholine rings is 1. The van der Waals surface area contributed by atoms with Gasteiger partial charge >= 0.3 is 0 Å². The van der Waals surface area contributed by atoms with Crippen molar-refractivity contribution >= 4 is 27.5 Å². The summed E-state index contributed by atoms with van der Waals surface area (Å²) in [7, 11) is -3.67. The van der Waals surface area contributed by atoms with Gasteiger partial charge in [0.25, 0.3) is 5.91 Å². The number of hydrogen-bond acceptors (Lipinski definition) is 4. The predicted molar refractivity (Wildman–Crippen MR) is 113 cm³/mol. The van der Waals surface area contributed by atoms with Crippen LogP contribution >= 0.6 is 11.6 Å². The molecule has 0 bridgehead atoms. The summed E-state index contributed by atoms with van der Waals surface area (Å²) < 4.78 is 32.5. The molecule has 2 aromatic carbocycles. The van der Waals surface area contributed by atoms with E-state index in [4.69, 9.17) is 16.3 Å². The van der Waals surface area contributed by atoms with Crippen LogP contribution in [0.1, 0.15) is 40.9 Å². The maximum atomic E-state index is 13.0. The Bertz CT molecular complexity index is 988. The Morgan fingerprint density at radius 1 is 1.21 bits per heavy atom. The Balaban J connectivity index is 1.86. The zero-order chi connectivity index (χ0) is 21.0. The fraction of sp³-hybridized carbons (Fsp3) is 0.381. The monoisotopic (exact) mass is 436 g/mol. The third-order valence-corrected chi connectivity index (χ3v) is 7.16. The molecular formula is C21H25ClN2O4S. The van der Waals surface area contributed by atoms with Crippen molar-refractivity contribution in [3.8, 4) is 0 Å². The fourth-order valence-electron chi connectivity index (χ4n) is 3.32. The molecule has 156 valence electrons. The number of carbonyl (C=O) groups excluding carboxylic acids is 1. The molecule has 3 rings (SSSR count). The van der Waals surface area contributed by atoms with Gasteiger partial charge in [-0.15, -0.1) is 0 Å². The lowest BCUT2D eigenvalue weighted by atomic mass is 10.0. The highest BCUT2D eigenvalue weighted by Crippen LogP contribution is 2.23. The number of nitrogens with zero attached hydrogens (tertiary/aromatic N) is 1. The van der Waals surface area contributed by atoms with Gasteiger partial charge in [0.15, 0.2) is 0 Å². The SMILES string of the molecule is CCC(NC(=O)c1cc(S(=O)(=O)N2CCOCC2)ccc1C)c1cccc(Cl)c1. The standard InChI is InChI=1S/C21H25ClN2O4S/c1-3-20(16-5-4-6-17(22)13-16)23-21(25)19-14-18(8-7-15(19)2)29(26,27)24-9-11-28-12-10-24/h4-8,13-14,20H,3,9-12H2,1-2H3,(H,23,25). The maximum Gasteiger partial charge on any atom is 0.252 e. The van der Waals surface area contributed by atoms with Gasteiger partial charge in [-0.1, -0.05) is 36.7 Å². The van der Waals surface area contributed by atoms with Crippen LogP contribution in [0.5, 0.6) is 0 Å². The van der Waals surface area contributed by atoms with Crippen LogP contribution in [-0.2, 0) is 14.8 Å². The van der Waals surface area contributed by atoms with Crippen molar-refractivity contribution in [1.29, 1.82) is 0 Å². The van der Waals surface area contributed by atoms with Gasteiger partial charge in [-0.2, -0.15) is 4.31 Å². The van der Waals surface area contributed by atoms with Crippen LogP contribution in [0, 0.1) is 6.92 Å². The van der Waals surface area contributed by atoms with E-state index >= 15 is 0 Å². The summed E-state index contributed by atoms with van der Waals surface area (Å²) in [6.45, 7) is 5.12. The van der Waals surface area contributed by atoms with Crippen LogP contribution in [0.2, 0.25) is 5.02 Å². The quantitative estimate of drug-likeness (QED) is 0.751. The van der Waals surface area contributed by atoms with Crippen molar-refractivity contribution in [2.24, 2.45) is 0 Å². The normalized spacial score (nSPS) is 16.4. The highest BCUT2D eigenvalue weighted by Gasteiger charge is 2.27. The highest BCUT2D eigenvalue weighted by atomic mass is 35.5. The smallest absolute Gasteiger partial charge is 0.252 e. The second-order valence-electron chi connectivity index (χ2n) is 6.98. The van der Waals surface area contributed by atoms with Crippen LogP contribution in [-0.4, -0.2) is 44.9 Å². The number of aryl methyl sites for hydroxylation is 1. The van der Waals surface area contributed by atoms with E-state index in [1.807, 2.05) is 25.1 Å². The Kier molecular flexibility index (Phi) is 6.95. The number of rotatable bonds is 6. The molecule has 0 aromatic heterocycles. The van der Waals surface area contributed by atoms with Gasteiger partial charge in [0.2, 0.25) is 10.0 Å². The molecule has 1 unspecified atom stereocenters. The number of benzene rings is 2. The van der Waals surface area contributed by atoms with E-state index in [2.05, 4.69) is 5.32 Å². The van der Waals surface area contributed by atoms with E-state index in [1.165, 1.54) is 10.4 Å². The van der Waals surface area contributed by atoms with Crippen molar-refractivity contribution in [3.05, 3.63) is 64.2 Å². The summed E-state index contributed by atoms with van der Waals surface area (Å²) >= 11 is 6.08. The van der Waals surface area contributed by atoms with Gasteiger partial charge in [-0.3, -0.25) is 4.79 Å². The molecule has 2 aromatic rings. The largest absolute Gasteiger partial charge is 0.379 e. The average Bonchev–Trinajstić information content (AvgIpc) is 2.72. The first-order valence-corrected chi connectivity index (χ1v) is 11.4. The molecule has 0 spiro atoms. The first kappa shape index (κ1) is 21.8. The van der Waals surface area contributed by atoms with Crippen molar-refractivity contribution in [1.82, 2.24) is 9.62 Å². The van der Waals surface area contributed by atoms with Gasteiger partial charge in [0.1, 0.15) is 0 Å². The summed E-state index contributed by atoms with van der Waals surface area (Å²) in [6.07, 6.45) is 0.677. The van der Waals surface area contributed by atoms with Gasteiger partial charge in [0.05, 0.1) is 24.2 Å². The van der Waals surface area contributed by atoms with Crippen LogP contribution in [0.15, 0.2) is 47.4 Å². The average molecular weight is 437 g/mol. The van der Waals surface area contributed by atoms with E-state index in [0.29, 0.717) is 48.9 Å². The minimum atomic E-state index is -3.67. The van der Waals surface area contributed by atoms with Crippen molar-refractivity contribution in [2.75, 3.05) is 26.3 Å². The Morgan fingerprint density at radius 3 is 2.59 bits per heavy atom. The van der Waals surface area contributed by atoms with Crippen molar-refractivity contribution in [3.63, 3.8) is 0 Å². The summed E-state index contributed by atoms with van der Waals surface area (Å²) in [5, 5.41) is 3.60. The van der Waals surface area contributed by atoms with E-state index in [-0.39, 0.29) is 16.8 Å². The van der Waals surface area contributed by atoms with Crippen LogP contribution in [0.4, 0.5) is 0 Å². The number of ether oxygens (including phenoxy) is 1. The minimum Gasteiger partial charge on any atom is -0.379 e. The highest BCUT2D eigenvalue weighted by molar-refractivity contribution is 7.89. The number of amides is 1. The van der Waals surface area contributed by atoms with Gasteiger partial charge in [-0.05, 0) is 48.7 Å². The molecule has 1 aliphatic heterocycles. The van der Waals surface area contributed by atoms with Crippen LogP contribution in [0.25, 0.3) is 0 Å². The molecule has 1 fully saturated rings. The lowest BCUT2D eigenvalue weighted by Gasteiger charge is -2.26. The Labute approximate surface area is 176 Å². The minimum absolute atomic E-state index is 0.117. The number of carbonyl (C=O) groups is 1. The number of halogens is 1. The second-order valence-corrected chi connectivity index (χ2v) is 9.36. The first-order chi connectivity index (χ1) is 13.8. The molecule has 0 radical (unpaired) electrons. The molecule has 0 saturated carbocycles. The van der Waals surface area contributed by atoms with E-state index in [9.17, 15) is 13.2 Å². The zero-order valence-electron chi connectivity index (χ0n) is 16.5. The molecular weight excluding hydrogens is 412 g/mol. The number of nitrogens with one attached hydrogen (secondary N) is 1. The molecule has 1 atom stereocenters. The third-order valence-electron chi connectivity index (χ3n) is 5.03. The lowest BCUT2D eigenvalue weighted by molar-refractivity contribution is 0.0730. The fourth-order valence-corrected chi connectivity index (χ4v) is 4.96. The molecule has 1 saturated heterocycles. The third kappa shape index (κ3) is 4.98. The summed E-state index contributed by atoms with van der Waals surface area (Å²) in [5.74, 6) is -0.312. The number of hydrogen-bond donors (Lipinski definition) is 1. The molecule has 8 heteroatoms. The summed E-state index contributed by atoms with van der Waals surface area (Å²) in [4.78, 5) is 13.1. The van der Waals surface area contributed by atoms with Gasteiger partial charge < -0.3 is 10.1 Å². The Hall–Kier alpha value is -1.93. The molecule has 6 nitrogen and oxygen atoms in total. The topological polar surface area (TPSA) is 75.7 Å². The van der Waals surface area contributed by atoms with Crippen molar-refractivity contribution < 1.29 is 17.9 Å². The van der Waals surface area contributed by atoms with E-state index in [0.717, 1.165) is 5.56 Å². The summed E-state index contributed by atoms with van der Waals surface area (Å²) in [6, 6.07) is 11.8. The lowest BCUT2D eigenvalue weighted by Crippen LogP contribution is -2.40. The first-order valence-electron chi connectivity index (χ1n) is 9.58. The molecule has 29 heavy (non-hydrogen) atoms. The molecule has 1 heterocycles. The zero-order valence-corrected chi connectivity index (χ0v) is 18.1. The molecule has 1 N–H and O–H groups in total. The number of sulfonamides is 1. The van der Waals surface area contributed by atoms with Crippen molar-refractivity contribution in [2.45, 2.75) is 31.2 Å². The summed E-state index contributed by atoms with van der Waals surface area (Å²) in [5.41, 5.74) is 1.97. The van der Waals surface area contributed by atoms with Crippen LogP contribution in [0.3, 0.4) is 0 Å². The Morgan fingerprint density at radius 2 is 1.93 bits per heavy atom. The molecule has 1 amide bonds. The van der Waals surface area contributed by atoms with E-state index in [1.54, 1.807) is 25.1 Å². The molecule has 0 aliphatic carbocycles. The van der Waals surface area contributed by atoms with Gasteiger partial charge in [-0.25, -0.2) is 8.42 Å². The molecule has 1 aliphatic rings.